The molecule has 2 atom stereocenters. The predicted molar refractivity (Wildman–Crippen MR) is 91.7 cm³/mol. The number of rotatable bonds is 4. The van der Waals surface area contributed by atoms with Crippen molar-refractivity contribution in [3.8, 4) is 0 Å². The van der Waals surface area contributed by atoms with Gasteiger partial charge in [0.05, 0.1) is 16.7 Å². The van der Waals surface area contributed by atoms with Crippen LogP contribution in [-0.4, -0.2) is 26.7 Å². The minimum absolute atomic E-state index is 0.0555. The average Bonchev–Trinajstić information content (AvgIpc) is 2.81. The molecule has 5 nitrogen and oxygen atoms in total. The van der Waals surface area contributed by atoms with Crippen molar-refractivity contribution in [2.45, 2.75) is 46.5 Å². The highest BCUT2D eigenvalue weighted by Crippen LogP contribution is 2.42. The normalized spacial score (nSPS) is 22.0. The van der Waals surface area contributed by atoms with Crippen LogP contribution in [0.2, 0.25) is 13.1 Å². The smallest absolute Gasteiger partial charge is 0.272 e. The highest BCUT2D eigenvalue weighted by molar-refractivity contribution is 6.48. The molecule has 128 valence electrons. The van der Waals surface area contributed by atoms with Gasteiger partial charge in [-0.25, -0.2) is 4.39 Å². The molecule has 0 aliphatic carbocycles. The van der Waals surface area contributed by atoms with Crippen LogP contribution in [-0.2, 0) is 4.43 Å². The maximum Gasteiger partial charge on any atom is 0.272 e. The summed E-state index contributed by atoms with van der Waals surface area (Å²) in [6.07, 6.45) is 0.753. The lowest BCUT2D eigenvalue weighted by Gasteiger charge is -2.37. The van der Waals surface area contributed by atoms with Crippen LogP contribution in [0.25, 0.3) is 0 Å². The van der Waals surface area contributed by atoms with Crippen LogP contribution in [0.4, 0.5) is 15.8 Å². The molecule has 1 aliphatic rings. The largest absolute Gasteiger partial charge is 0.401 e. The first-order chi connectivity index (χ1) is 10.6. The fraction of sp³-hybridized carbons (Fsp3) is 0.625. The standard InChI is InChI=1S/C16H25FN2O3Si/c1-16(2,3)12-8-9-18(15(12)22-23(4)5)14-7-6-11(19(20)21)10-13(14)17/h6-7,10,12,15,23H,8-9H2,1-5H3/t12-,15?/m0/s1. The highest BCUT2D eigenvalue weighted by atomic mass is 28.3. The monoisotopic (exact) mass is 340 g/mol. The minimum atomic E-state index is -1.31. The molecule has 2 rings (SSSR count). The summed E-state index contributed by atoms with van der Waals surface area (Å²) in [5, 5.41) is 10.8. The van der Waals surface area contributed by atoms with E-state index in [-0.39, 0.29) is 17.3 Å². The predicted octanol–water partition coefficient (Wildman–Crippen LogP) is 3.93. The van der Waals surface area contributed by atoms with E-state index in [1.807, 2.05) is 4.90 Å². The molecule has 1 fully saturated rings. The van der Waals surface area contributed by atoms with E-state index in [1.165, 1.54) is 12.1 Å². The van der Waals surface area contributed by atoms with Crippen LogP contribution >= 0.6 is 0 Å². The Morgan fingerprint density at radius 2 is 2.04 bits per heavy atom. The van der Waals surface area contributed by atoms with E-state index >= 15 is 0 Å². The van der Waals surface area contributed by atoms with Crippen molar-refractivity contribution < 1.29 is 13.7 Å². The summed E-state index contributed by atoms with van der Waals surface area (Å²) >= 11 is 0. The molecule has 0 bridgehead atoms. The average molecular weight is 340 g/mol. The first kappa shape index (κ1) is 17.9. The van der Waals surface area contributed by atoms with E-state index in [4.69, 9.17) is 4.43 Å². The quantitative estimate of drug-likeness (QED) is 0.473. The van der Waals surface area contributed by atoms with Crippen molar-refractivity contribution in [1.29, 1.82) is 0 Å². The van der Waals surface area contributed by atoms with Crippen molar-refractivity contribution in [1.82, 2.24) is 0 Å². The van der Waals surface area contributed by atoms with E-state index in [0.29, 0.717) is 18.2 Å². The molecule has 1 aliphatic heterocycles. The number of hydrogen-bond donors (Lipinski definition) is 0. The van der Waals surface area contributed by atoms with Crippen molar-refractivity contribution in [3.63, 3.8) is 0 Å². The Hall–Kier alpha value is -1.47. The maximum absolute atomic E-state index is 14.4. The number of benzene rings is 1. The third-order valence-electron chi connectivity index (χ3n) is 4.31. The van der Waals surface area contributed by atoms with E-state index in [2.05, 4.69) is 33.9 Å². The van der Waals surface area contributed by atoms with Crippen LogP contribution < -0.4 is 4.90 Å². The molecule has 1 aromatic carbocycles. The Bertz CT molecular complexity index is 589. The van der Waals surface area contributed by atoms with Crippen LogP contribution in [0.1, 0.15) is 27.2 Å². The van der Waals surface area contributed by atoms with Crippen LogP contribution in [0.5, 0.6) is 0 Å². The SMILES string of the molecule is C[SiH](C)OC1[C@@H](C(C)(C)C)CCN1c1ccc([N+](=O)[O-])cc1F. The lowest BCUT2D eigenvalue weighted by molar-refractivity contribution is -0.385. The van der Waals surface area contributed by atoms with Gasteiger partial charge >= 0.3 is 0 Å². The Morgan fingerprint density at radius 3 is 2.52 bits per heavy atom. The van der Waals surface area contributed by atoms with Gasteiger partial charge < -0.3 is 9.33 Å². The molecule has 1 heterocycles. The minimum Gasteiger partial charge on any atom is -0.401 e. The fourth-order valence-electron chi connectivity index (χ4n) is 3.17. The molecule has 23 heavy (non-hydrogen) atoms. The summed E-state index contributed by atoms with van der Waals surface area (Å²) < 4.78 is 20.6. The maximum atomic E-state index is 14.4. The second kappa shape index (κ2) is 6.57. The molecule has 0 saturated carbocycles. The Labute approximate surface area is 138 Å². The molecular formula is C16H25FN2O3Si. The molecular weight excluding hydrogens is 315 g/mol. The Balaban J connectivity index is 2.35. The summed E-state index contributed by atoms with van der Waals surface area (Å²) in [4.78, 5) is 12.1. The van der Waals surface area contributed by atoms with Gasteiger partial charge in [0.25, 0.3) is 5.69 Å². The van der Waals surface area contributed by atoms with Gasteiger partial charge in [-0.3, -0.25) is 10.1 Å². The van der Waals surface area contributed by atoms with Gasteiger partial charge in [0.1, 0.15) is 6.23 Å². The molecule has 1 unspecified atom stereocenters. The van der Waals surface area contributed by atoms with Crippen molar-refractivity contribution >= 4 is 20.4 Å². The van der Waals surface area contributed by atoms with Gasteiger partial charge in [-0.15, -0.1) is 0 Å². The van der Waals surface area contributed by atoms with Gasteiger partial charge in [-0.2, -0.15) is 0 Å². The molecule has 7 heteroatoms. The summed E-state index contributed by atoms with van der Waals surface area (Å²) in [7, 11) is -1.31. The number of anilines is 1. The molecule has 0 spiro atoms. The summed E-state index contributed by atoms with van der Waals surface area (Å²) in [5.74, 6) is -0.264. The number of nitro benzene ring substituents is 1. The summed E-state index contributed by atoms with van der Waals surface area (Å²) in [6, 6.07) is 3.84. The molecule has 0 radical (unpaired) electrons. The van der Waals surface area contributed by atoms with Crippen LogP contribution in [0.15, 0.2) is 18.2 Å². The molecule has 0 aromatic heterocycles. The Morgan fingerprint density at radius 1 is 1.39 bits per heavy atom. The number of nitro groups is 1. The lowest BCUT2D eigenvalue weighted by Crippen LogP contribution is -2.42. The van der Waals surface area contributed by atoms with E-state index < -0.39 is 19.8 Å². The van der Waals surface area contributed by atoms with E-state index in [1.54, 1.807) is 0 Å². The van der Waals surface area contributed by atoms with E-state index in [0.717, 1.165) is 12.5 Å². The zero-order valence-electron chi connectivity index (χ0n) is 14.4. The van der Waals surface area contributed by atoms with Gasteiger partial charge in [-0.1, -0.05) is 20.8 Å². The highest BCUT2D eigenvalue weighted by Gasteiger charge is 2.42. The third-order valence-corrected chi connectivity index (χ3v) is 5.13. The lowest BCUT2D eigenvalue weighted by atomic mass is 9.79. The Kier molecular flexibility index (Phi) is 5.10. The van der Waals surface area contributed by atoms with Crippen molar-refractivity contribution in [2.24, 2.45) is 11.3 Å². The number of halogens is 1. The van der Waals surface area contributed by atoms with Crippen LogP contribution in [0, 0.1) is 27.3 Å². The second-order valence-corrected chi connectivity index (χ2v) is 9.79. The fourth-order valence-corrected chi connectivity index (χ4v) is 4.07. The van der Waals surface area contributed by atoms with Gasteiger partial charge in [-0.05, 0) is 31.0 Å². The zero-order chi connectivity index (χ0) is 17.4. The van der Waals surface area contributed by atoms with E-state index in [9.17, 15) is 14.5 Å². The molecule has 0 amide bonds. The number of non-ortho nitro benzene ring substituents is 1. The molecule has 0 N–H and O–H groups in total. The first-order valence-electron chi connectivity index (χ1n) is 7.97. The molecule has 1 aromatic rings. The number of nitrogens with zero attached hydrogens (tertiary/aromatic N) is 2. The van der Waals surface area contributed by atoms with Crippen LogP contribution in [0.3, 0.4) is 0 Å². The topological polar surface area (TPSA) is 55.6 Å². The van der Waals surface area contributed by atoms with Gasteiger partial charge in [0.2, 0.25) is 0 Å². The number of hydrogen-bond acceptors (Lipinski definition) is 4. The van der Waals surface area contributed by atoms with Crippen molar-refractivity contribution in [2.75, 3.05) is 11.4 Å². The molecule has 1 saturated heterocycles. The zero-order valence-corrected chi connectivity index (χ0v) is 15.5. The van der Waals surface area contributed by atoms with Gasteiger partial charge in [0, 0.05) is 18.5 Å². The summed E-state index contributed by atoms with van der Waals surface area (Å²) in [6.45, 7) is 11.4. The summed E-state index contributed by atoms with van der Waals surface area (Å²) in [5.41, 5.74) is 0.218. The second-order valence-electron chi connectivity index (χ2n) is 7.42. The third kappa shape index (κ3) is 3.90. The van der Waals surface area contributed by atoms with Gasteiger partial charge in [0.15, 0.2) is 14.9 Å². The first-order valence-corrected chi connectivity index (χ1v) is 10.8. The van der Waals surface area contributed by atoms with Crippen molar-refractivity contribution in [3.05, 3.63) is 34.1 Å².